The summed E-state index contributed by atoms with van der Waals surface area (Å²) < 4.78 is 13.1. The Kier molecular flexibility index (Phi) is 3.43. The fourth-order valence-electron chi connectivity index (χ4n) is 2.51. The molecule has 4 heteroatoms. The van der Waals surface area contributed by atoms with E-state index in [1.807, 2.05) is 6.92 Å². The van der Waals surface area contributed by atoms with Gasteiger partial charge in [0.1, 0.15) is 5.82 Å². The van der Waals surface area contributed by atoms with Gasteiger partial charge >= 0.3 is 0 Å². The summed E-state index contributed by atoms with van der Waals surface area (Å²) >= 11 is 0. The van der Waals surface area contributed by atoms with Crippen LogP contribution in [-0.4, -0.2) is 12.5 Å². The normalized spacial score (nSPS) is 24.6. The minimum absolute atomic E-state index is 0.0816. The zero-order chi connectivity index (χ0) is 12.4. The number of aryl methyl sites for hydroxylation is 1. The van der Waals surface area contributed by atoms with Gasteiger partial charge in [-0.25, -0.2) is 4.39 Å². The summed E-state index contributed by atoms with van der Waals surface area (Å²) in [6.45, 7) is 2.72. The highest BCUT2D eigenvalue weighted by Gasteiger charge is 2.31. The molecule has 1 aliphatic heterocycles. The maximum absolute atomic E-state index is 13.1. The first-order valence-corrected chi connectivity index (χ1v) is 5.88. The second-order valence-electron chi connectivity index (χ2n) is 4.58. The molecule has 1 aromatic carbocycles. The van der Waals surface area contributed by atoms with Gasteiger partial charge in [-0.3, -0.25) is 4.79 Å². The Morgan fingerprint density at radius 3 is 2.94 bits per heavy atom. The topological polar surface area (TPSA) is 55.1 Å². The van der Waals surface area contributed by atoms with Crippen LogP contribution in [0.1, 0.15) is 30.0 Å². The molecule has 0 saturated carbocycles. The van der Waals surface area contributed by atoms with E-state index in [1.165, 1.54) is 12.1 Å². The van der Waals surface area contributed by atoms with Gasteiger partial charge in [0.15, 0.2) is 0 Å². The van der Waals surface area contributed by atoms with Crippen molar-refractivity contribution < 1.29 is 9.18 Å². The molecule has 1 saturated heterocycles. The minimum Gasteiger partial charge on any atom is -0.369 e. The molecule has 1 fully saturated rings. The summed E-state index contributed by atoms with van der Waals surface area (Å²) in [6, 6.07) is 4.58. The summed E-state index contributed by atoms with van der Waals surface area (Å²) in [5, 5.41) is 3.30. The summed E-state index contributed by atoms with van der Waals surface area (Å²) in [5.74, 6) is -0.739. The van der Waals surface area contributed by atoms with Crippen LogP contribution in [0.5, 0.6) is 0 Å². The molecule has 0 bridgehead atoms. The Balaban J connectivity index is 2.32. The minimum atomic E-state index is -0.286. The molecule has 17 heavy (non-hydrogen) atoms. The van der Waals surface area contributed by atoms with E-state index in [9.17, 15) is 9.18 Å². The number of benzene rings is 1. The number of halogens is 1. The van der Waals surface area contributed by atoms with E-state index >= 15 is 0 Å². The van der Waals surface area contributed by atoms with Crippen LogP contribution >= 0.6 is 0 Å². The van der Waals surface area contributed by atoms with Gasteiger partial charge in [-0.1, -0.05) is 6.07 Å². The van der Waals surface area contributed by atoms with Gasteiger partial charge in [-0.15, -0.1) is 0 Å². The van der Waals surface area contributed by atoms with E-state index in [-0.39, 0.29) is 23.7 Å². The molecule has 2 atom stereocenters. The van der Waals surface area contributed by atoms with Crippen molar-refractivity contribution in [1.82, 2.24) is 5.32 Å². The molecule has 3 nitrogen and oxygen atoms in total. The molecule has 2 rings (SSSR count). The van der Waals surface area contributed by atoms with E-state index in [0.717, 1.165) is 30.5 Å². The highest BCUT2D eigenvalue weighted by molar-refractivity contribution is 5.78. The predicted molar refractivity (Wildman–Crippen MR) is 63.8 cm³/mol. The van der Waals surface area contributed by atoms with Crippen molar-refractivity contribution in [3.8, 4) is 0 Å². The van der Waals surface area contributed by atoms with E-state index in [2.05, 4.69) is 5.32 Å². The monoisotopic (exact) mass is 236 g/mol. The zero-order valence-corrected chi connectivity index (χ0v) is 9.87. The molecule has 2 unspecified atom stereocenters. The number of nitrogens with two attached hydrogens (primary N) is 1. The number of hydrogen-bond acceptors (Lipinski definition) is 2. The lowest BCUT2D eigenvalue weighted by Crippen LogP contribution is -2.41. The molecule has 0 aromatic heterocycles. The Morgan fingerprint density at radius 2 is 2.29 bits per heavy atom. The van der Waals surface area contributed by atoms with Gasteiger partial charge < -0.3 is 11.1 Å². The predicted octanol–water partition coefficient (Wildman–Crippen LogP) is 1.66. The second kappa shape index (κ2) is 4.84. The summed E-state index contributed by atoms with van der Waals surface area (Å²) in [6.07, 6.45) is 1.74. The number of rotatable bonds is 2. The van der Waals surface area contributed by atoms with Crippen LogP contribution in [0.4, 0.5) is 4.39 Å². The number of carbonyl (C=O) groups is 1. The second-order valence-corrected chi connectivity index (χ2v) is 4.58. The number of nitrogens with one attached hydrogen (secondary N) is 1. The average molecular weight is 236 g/mol. The highest BCUT2D eigenvalue weighted by Crippen LogP contribution is 2.31. The molecule has 0 spiro atoms. The zero-order valence-electron chi connectivity index (χ0n) is 9.87. The van der Waals surface area contributed by atoms with E-state index in [1.54, 1.807) is 6.07 Å². The van der Waals surface area contributed by atoms with Crippen LogP contribution in [0.15, 0.2) is 18.2 Å². The lowest BCUT2D eigenvalue weighted by molar-refractivity contribution is -0.123. The van der Waals surface area contributed by atoms with Crippen molar-refractivity contribution in [1.29, 1.82) is 0 Å². The maximum Gasteiger partial charge on any atom is 0.222 e. The molecule has 1 amide bonds. The van der Waals surface area contributed by atoms with Gasteiger partial charge in [0.25, 0.3) is 0 Å². The molecule has 1 aromatic rings. The molecule has 92 valence electrons. The Morgan fingerprint density at radius 1 is 1.53 bits per heavy atom. The van der Waals surface area contributed by atoms with E-state index in [0.29, 0.717) is 0 Å². The number of amides is 1. The first kappa shape index (κ1) is 12.0. The van der Waals surface area contributed by atoms with Crippen LogP contribution < -0.4 is 11.1 Å². The molecular formula is C13H17FN2O. The SMILES string of the molecule is Cc1cc(F)ccc1C1NCCCC1C(N)=O. The summed E-state index contributed by atoms with van der Waals surface area (Å²) in [7, 11) is 0. The van der Waals surface area contributed by atoms with E-state index < -0.39 is 0 Å². The number of carbonyl (C=O) groups excluding carboxylic acids is 1. The third-order valence-corrected chi connectivity index (χ3v) is 3.39. The van der Waals surface area contributed by atoms with Crippen LogP contribution in [0.2, 0.25) is 0 Å². The largest absolute Gasteiger partial charge is 0.369 e. The van der Waals surface area contributed by atoms with Gasteiger partial charge in [0.05, 0.1) is 5.92 Å². The fourth-order valence-corrected chi connectivity index (χ4v) is 2.51. The van der Waals surface area contributed by atoms with Crippen LogP contribution in [0.25, 0.3) is 0 Å². The Bertz CT molecular complexity index is 433. The fraction of sp³-hybridized carbons (Fsp3) is 0.462. The lowest BCUT2D eigenvalue weighted by atomic mass is 9.84. The third kappa shape index (κ3) is 2.47. The standard InChI is InChI=1S/C13H17FN2O/c1-8-7-9(14)4-5-10(8)12-11(13(15)17)3-2-6-16-12/h4-5,7,11-12,16H,2-3,6H2,1H3,(H2,15,17). The number of hydrogen-bond donors (Lipinski definition) is 2. The molecule has 1 heterocycles. The van der Waals surface area contributed by atoms with Gasteiger partial charge in [-0.05, 0) is 49.6 Å². The molecule has 1 aliphatic rings. The highest BCUT2D eigenvalue weighted by atomic mass is 19.1. The molecule has 0 radical (unpaired) electrons. The number of primary amides is 1. The van der Waals surface area contributed by atoms with Crippen molar-refractivity contribution in [3.05, 3.63) is 35.1 Å². The van der Waals surface area contributed by atoms with Gasteiger partial charge in [-0.2, -0.15) is 0 Å². The average Bonchev–Trinajstić information content (AvgIpc) is 2.29. The lowest BCUT2D eigenvalue weighted by Gasteiger charge is -2.31. The maximum atomic E-state index is 13.1. The summed E-state index contributed by atoms with van der Waals surface area (Å²) in [4.78, 5) is 11.4. The molecular weight excluding hydrogens is 219 g/mol. The van der Waals surface area contributed by atoms with Gasteiger partial charge in [0.2, 0.25) is 5.91 Å². The van der Waals surface area contributed by atoms with Crippen molar-refractivity contribution in [2.24, 2.45) is 11.7 Å². The van der Waals surface area contributed by atoms with Crippen molar-refractivity contribution in [2.45, 2.75) is 25.8 Å². The Hall–Kier alpha value is -1.42. The van der Waals surface area contributed by atoms with Crippen LogP contribution in [0, 0.1) is 18.7 Å². The molecule has 3 N–H and O–H groups in total. The first-order chi connectivity index (χ1) is 8.09. The summed E-state index contributed by atoms with van der Waals surface area (Å²) in [5.41, 5.74) is 7.25. The smallest absolute Gasteiger partial charge is 0.222 e. The van der Waals surface area contributed by atoms with Crippen molar-refractivity contribution >= 4 is 5.91 Å². The van der Waals surface area contributed by atoms with Crippen molar-refractivity contribution in [2.75, 3.05) is 6.54 Å². The quantitative estimate of drug-likeness (QED) is 0.820. The third-order valence-electron chi connectivity index (χ3n) is 3.39. The van der Waals surface area contributed by atoms with Crippen LogP contribution in [-0.2, 0) is 4.79 Å². The van der Waals surface area contributed by atoms with Gasteiger partial charge in [0, 0.05) is 6.04 Å². The van der Waals surface area contributed by atoms with E-state index in [4.69, 9.17) is 5.73 Å². The van der Waals surface area contributed by atoms with Crippen molar-refractivity contribution in [3.63, 3.8) is 0 Å². The first-order valence-electron chi connectivity index (χ1n) is 5.88. The molecule has 0 aliphatic carbocycles. The Labute approximate surface area is 100 Å². The van der Waals surface area contributed by atoms with Crippen LogP contribution in [0.3, 0.4) is 0 Å². The number of piperidine rings is 1.